The Balaban J connectivity index is 3.06. The molecule has 1 fully saturated rings. The standard InChI is InChI=1S/C9H22O5Si5/c1-7-18(6)13-17(4,5)11-15-10-16-12-19(8-2,9-3)14-18/h7-9H,1-3,15-16H2,4-6H3. The van der Waals surface area contributed by atoms with Gasteiger partial charge in [-0.3, -0.25) is 0 Å². The highest BCUT2D eigenvalue weighted by Gasteiger charge is 2.45. The van der Waals surface area contributed by atoms with E-state index >= 15 is 0 Å². The first-order chi connectivity index (χ1) is 8.80. The molecule has 1 aliphatic heterocycles. The molecular formula is C9H22O5Si5. The molecule has 19 heavy (non-hydrogen) atoms. The predicted octanol–water partition coefficient (Wildman–Crippen LogP) is 0.472. The molecule has 1 aliphatic rings. The highest BCUT2D eigenvalue weighted by molar-refractivity contribution is 6.93. The van der Waals surface area contributed by atoms with Gasteiger partial charge in [-0.05, 0) is 31.0 Å². The van der Waals surface area contributed by atoms with Crippen LogP contribution in [-0.2, 0) is 20.6 Å². The Bertz CT molecular complexity index is 355. The quantitative estimate of drug-likeness (QED) is 0.693. The molecule has 0 saturated carbocycles. The van der Waals surface area contributed by atoms with Crippen molar-refractivity contribution in [1.29, 1.82) is 0 Å². The first-order valence-electron chi connectivity index (χ1n) is 5.97. The molecule has 10 heteroatoms. The largest absolute Gasteiger partial charge is 0.425 e. The lowest BCUT2D eigenvalue weighted by molar-refractivity contribution is 0.282. The van der Waals surface area contributed by atoms with Crippen LogP contribution in [0.4, 0.5) is 0 Å². The predicted molar refractivity (Wildman–Crippen MR) is 88.0 cm³/mol. The van der Waals surface area contributed by atoms with Gasteiger partial charge in [0.05, 0.1) is 0 Å². The van der Waals surface area contributed by atoms with Crippen LogP contribution in [0.15, 0.2) is 36.8 Å². The van der Waals surface area contributed by atoms with Crippen molar-refractivity contribution >= 4 is 45.7 Å². The third kappa shape index (κ3) is 4.85. The van der Waals surface area contributed by atoms with Gasteiger partial charge in [0, 0.05) is 0 Å². The van der Waals surface area contributed by atoms with E-state index < -0.39 is 45.7 Å². The van der Waals surface area contributed by atoms with Crippen molar-refractivity contribution in [3.8, 4) is 0 Å². The maximum Gasteiger partial charge on any atom is 0.373 e. The molecule has 108 valence electrons. The smallest absolute Gasteiger partial charge is 0.373 e. The Morgan fingerprint density at radius 3 is 1.95 bits per heavy atom. The monoisotopic (exact) mass is 350 g/mol. The first-order valence-corrected chi connectivity index (χ1v) is 15.5. The molecular weight excluding hydrogens is 329 g/mol. The Kier molecular flexibility index (Phi) is 6.06. The van der Waals surface area contributed by atoms with Crippen LogP contribution in [0.1, 0.15) is 0 Å². The lowest BCUT2D eigenvalue weighted by atomic mass is 11.2. The summed E-state index contributed by atoms with van der Waals surface area (Å²) in [5, 5.41) is 0. The molecule has 0 radical (unpaired) electrons. The molecule has 0 amide bonds. The van der Waals surface area contributed by atoms with Gasteiger partial charge < -0.3 is 20.6 Å². The number of rotatable bonds is 3. The second kappa shape index (κ2) is 6.71. The van der Waals surface area contributed by atoms with Crippen LogP contribution in [0.25, 0.3) is 0 Å². The van der Waals surface area contributed by atoms with Gasteiger partial charge in [0.1, 0.15) is 0 Å². The second-order valence-electron chi connectivity index (χ2n) is 4.68. The normalized spacial score (nSPS) is 33.6. The summed E-state index contributed by atoms with van der Waals surface area (Å²) in [6.45, 7) is 17.4. The zero-order valence-electron chi connectivity index (χ0n) is 11.8. The van der Waals surface area contributed by atoms with E-state index in [1.54, 1.807) is 17.1 Å². The molecule has 0 spiro atoms. The van der Waals surface area contributed by atoms with Crippen LogP contribution in [-0.4, -0.2) is 45.7 Å². The van der Waals surface area contributed by atoms with E-state index in [4.69, 9.17) is 20.6 Å². The van der Waals surface area contributed by atoms with Crippen LogP contribution < -0.4 is 0 Å². The van der Waals surface area contributed by atoms with Crippen LogP contribution in [0.2, 0.25) is 19.6 Å². The second-order valence-corrected chi connectivity index (χ2v) is 18.2. The van der Waals surface area contributed by atoms with Crippen molar-refractivity contribution in [2.24, 2.45) is 0 Å². The lowest BCUT2D eigenvalue weighted by Crippen LogP contribution is -2.58. The molecule has 1 atom stereocenters. The topological polar surface area (TPSA) is 46.2 Å². The summed E-state index contributed by atoms with van der Waals surface area (Å²) in [4.78, 5) is 0. The molecule has 1 heterocycles. The van der Waals surface area contributed by atoms with E-state index in [1.807, 2.05) is 19.6 Å². The third-order valence-electron chi connectivity index (χ3n) is 2.61. The average Bonchev–Trinajstić information content (AvgIpc) is 2.36. The van der Waals surface area contributed by atoms with Crippen LogP contribution in [0.5, 0.6) is 0 Å². The van der Waals surface area contributed by atoms with E-state index in [1.165, 1.54) is 0 Å². The van der Waals surface area contributed by atoms with Gasteiger partial charge in [-0.1, -0.05) is 5.70 Å². The zero-order valence-corrected chi connectivity index (χ0v) is 17.6. The Morgan fingerprint density at radius 2 is 1.42 bits per heavy atom. The van der Waals surface area contributed by atoms with Crippen LogP contribution >= 0.6 is 0 Å². The number of hydrogen-bond donors (Lipinski definition) is 0. The molecule has 0 aromatic heterocycles. The highest BCUT2D eigenvalue weighted by atomic mass is 28.5. The summed E-state index contributed by atoms with van der Waals surface area (Å²) in [5.41, 5.74) is 5.19. The minimum absolute atomic E-state index is 1.05. The summed E-state index contributed by atoms with van der Waals surface area (Å²) in [6.07, 6.45) is 0. The fourth-order valence-electron chi connectivity index (χ4n) is 1.60. The molecule has 5 nitrogen and oxygen atoms in total. The summed E-state index contributed by atoms with van der Waals surface area (Å²) < 4.78 is 29.5. The molecule has 0 aromatic rings. The highest BCUT2D eigenvalue weighted by Crippen LogP contribution is 2.24. The van der Waals surface area contributed by atoms with Crippen molar-refractivity contribution < 1.29 is 20.6 Å². The SMILES string of the molecule is C=C[Si]1(C)O[Si](C)(C)O[SiH2]O[SiH2]O[Si](C=C)(C=C)O1. The maximum atomic E-state index is 6.19. The van der Waals surface area contributed by atoms with Gasteiger partial charge in [-0.15, -0.1) is 19.7 Å². The van der Waals surface area contributed by atoms with Crippen LogP contribution in [0, 0.1) is 0 Å². The fraction of sp³-hybridized carbons (Fsp3) is 0.333. The summed E-state index contributed by atoms with van der Waals surface area (Å²) in [6, 6.07) is 0. The minimum Gasteiger partial charge on any atom is -0.425 e. The molecule has 0 aromatic carbocycles. The van der Waals surface area contributed by atoms with E-state index in [9.17, 15) is 0 Å². The van der Waals surface area contributed by atoms with Crippen molar-refractivity contribution in [3.05, 3.63) is 36.8 Å². The minimum atomic E-state index is -2.67. The molecule has 1 saturated heterocycles. The van der Waals surface area contributed by atoms with Gasteiger partial charge in [-0.2, -0.15) is 0 Å². The van der Waals surface area contributed by atoms with Crippen molar-refractivity contribution in [2.75, 3.05) is 0 Å². The van der Waals surface area contributed by atoms with Gasteiger partial charge in [0.15, 0.2) is 0 Å². The lowest BCUT2D eigenvalue weighted by Gasteiger charge is -2.39. The summed E-state index contributed by atoms with van der Waals surface area (Å²) >= 11 is 0. The maximum absolute atomic E-state index is 6.19. The van der Waals surface area contributed by atoms with E-state index in [-0.39, 0.29) is 0 Å². The number of hydrogen-bond acceptors (Lipinski definition) is 5. The van der Waals surface area contributed by atoms with E-state index in [0.29, 0.717) is 0 Å². The molecule has 0 aliphatic carbocycles. The van der Waals surface area contributed by atoms with E-state index in [2.05, 4.69) is 19.7 Å². The van der Waals surface area contributed by atoms with Crippen molar-refractivity contribution in [1.82, 2.24) is 0 Å². The molecule has 1 unspecified atom stereocenters. The van der Waals surface area contributed by atoms with Gasteiger partial charge in [0.2, 0.25) is 0 Å². The fourth-order valence-corrected chi connectivity index (χ4v) is 16.9. The Morgan fingerprint density at radius 1 is 0.842 bits per heavy atom. The van der Waals surface area contributed by atoms with E-state index in [0.717, 1.165) is 0 Å². The van der Waals surface area contributed by atoms with Crippen molar-refractivity contribution in [3.63, 3.8) is 0 Å². The summed E-state index contributed by atoms with van der Waals surface area (Å²) in [7, 11) is -9.68. The zero-order chi connectivity index (χ0) is 14.6. The Labute approximate surface area is 123 Å². The van der Waals surface area contributed by atoms with Gasteiger partial charge >= 0.3 is 25.7 Å². The van der Waals surface area contributed by atoms with Crippen molar-refractivity contribution in [2.45, 2.75) is 19.6 Å². The molecule has 0 bridgehead atoms. The Hall–Kier alpha value is 0.104. The third-order valence-corrected chi connectivity index (χ3v) is 17.8. The first kappa shape index (κ1) is 17.2. The molecule has 0 N–H and O–H groups in total. The van der Waals surface area contributed by atoms with Crippen LogP contribution in [0.3, 0.4) is 0 Å². The van der Waals surface area contributed by atoms with Gasteiger partial charge in [-0.25, -0.2) is 0 Å². The van der Waals surface area contributed by atoms with Gasteiger partial charge in [0.25, 0.3) is 20.0 Å². The molecule has 1 rings (SSSR count). The average molecular weight is 351 g/mol. The summed E-state index contributed by atoms with van der Waals surface area (Å²) in [5.74, 6) is 0.